The normalized spacial score (nSPS) is 10.2. The highest BCUT2D eigenvalue weighted by atomic mass is 35.5. The van der Waals surface area contributed by atoms with Gasteiger partial charge in [-0.05, 0) is 30.3 Å². The van der Waals surface area contributed by atoms with Crippen LogP contribution in [0.3, 0.4) is 0 Å². The van der Waals surface area contributed by atoms with Crippen molar-refractivity contribution >= 4 is 34.6 Å². The monoisotopic (exact) mass is 252 g/mol. The Kier molecular flexibility index (Phi) is 3.01. The van der Waals surface area contributed by atoms with Crippen LogP contribution in [-0.4, -0.2) is 4.98 Å². The highest BCUT2D eigenvalue weighted by Gasteiger charge is 2.03. The predicted molar refractivity (Wildman–Crippen MR) is 67.8 cm³/mol. The number of aromatic nitrogens is 1. The average Bonchev–Trinajstić information content (AvgIpc) is 2.29. The second-order valence-electron chi connectivity index (χ2n) is 3.42. The van der Waals surface area contributed by atoms with Gasteiger partial charge >= 0.3 is 0 Å². The third-order valence-corrected chi connectivity index (χ3v) is 2.44. The molecule has 0 fully saturated rings. The average molecular weight is 253 g/mol. The van der Waals surface area contributed by atoms with E-state index in [0.29, 0.717) is 17.2 Å². The number of pyridine rings is 1. The largest absolute Gasteiger partial charge is 0.396 e. The zero-order valence-corrected chi connectivity index (χ0v) is 9.50. The van der Waals surface area contributed by atoms with Crippen LogP contribution in [0.15, 0.2) is 30.3 Å². The van der Waals surface area contributed by atoms with Gasteiger partial charge in [0.15, 0.2) is 0 Å². The maximum Gasteiger partial charge on any atom is 0.149 e. The van der Waals surface area contributed by atoms with Gasteiger partial charge in [0, 0.05) is 5.69 Å². The van der Waals surface area contributed by atoms with Crippen molar-refractivity contribution in [3.63, 3.8) is 0 Å². The van der Waals surface area contributed by atoms with Crippen LogP contribution >= 0.6 is 11.6 Å². The summed E-state index contributed by atoms with van der Waals surface area (Å²) in [6.45, 7) is 0. The molecule has 0 amide bonds. The second-order valence-corrected chi connectivity index (χ2v) is 3.83. The number of nitrogen functional groups attached to an aromatic ring is 2. The summed E-state index contributed by atoms with van der Waals surface area (Å²) >= 11 is 5.66. The number of hydrogen-bond donors (Lipinski definition) is 3. The van der Waals surface area contributed by atoms with E-state index in [-0.39, 0.29) is 10.8 Å². The summed E-state index contributed by atoms with van der Waals surface area (Å²) in [5, 5.41) is 2.98. The summed E-state index contributed by atoms with van der Waals surface area (Å²) in [6.07, 6.45) is 0. The number of benzene rings is 1. The summed E-state index contributed by atoms with van der Waals surface area (Å²) in [7, 11) is 0. The van der Waals surface area contributed by atoms with E-state index in [0.717, 1.165) is 0 Å². The molecular formula is C11H10ClFN4. The molecule has 0 saturated carbocycles. The smallest absolute Gasteiger partial charge is 0.149 e. The molecule has 0 aliphatic rings. The number of nitrogens with two attached hydrogens (primary N) is 2. The zero-order chi connectivity index (χ0) is 12.4. The molecule has 88 valence electrons. The number of nitrogens with zero attached hydrogens (tertiary/aromatic N) is 1. The van der Waals surface area contributed by atoms with Crippen molar-refractivity contribution in [2.75, 3.05) is 16.8 Å². The molecule has 1 aromatic heterocycles. The van der Waals surface area contributed by atoms with Gasteiger partial charge in [0.05, 0.1) is 10.7 Å². The molecule has 0 spiro atoms. The molecule has 1 heterocycles. The Hall–Kier alpha value is -2.01. The first-order valence-corrected chi connectivity index (χ1v) is 5.18. The number of anilines is 4. The van der Waals surface area contributed by atoms with E-state index in [2.05, 4.69) is 10.3 Å². The van der Waals surface area contributed by atoms with Crippen molar-refractivity contribution in [1.82, 2.24) is 4.98 Å². The van der Waals surface area contributed by atoms with E-state index in [4.69, 9.17) is 23.1 Å². The fourth-order valence-corrected chi connectivity index (χ4v) is 1.46. The first-order valence-electron chi connectivity index (χ1n) is 4.80. The quantitative estimate of drug-likeness (QED) is 0.768. The maximum atomic E-state index is 12.9. The molecule has 0 aliphatic heterocycles. The Bertz CT molecular complexity index is 510. The summed E-state index contributed by atoms with van der Waals surface area (Å²) in [4.78, 5) is 4.02. The Morgan fingerprint density at radius 2 is 1.94 bits per heavy atom. The third kappa shape index (κ3) is 2.57. The SMILES string of the molecule is Nc1ccc(Nc2ccc(F)c(Cl)c2)nc1N. The van der Waals surface area contributed by atoms with E-state index in [1.165, 1.54) is 12.1 Å². The molecule has 0 unspecified atom stereocenters. The fraction of sp³-hybridized carbons (Fsp3) is 0. The lowest BCUT2D eigenvalue weighted by atomic mass is 10.3. The lowest BCUT2D eigenvalue weighted by molar-refractivity contribution is 0.628. The van der Waals surface area contributed by atoms with Crippen molar-refractivity contribution in [2.24, 2.45) is 0 Å². The van der Waals surface area contributed by atoms with Gasteiger partial charge in [-0.15, -0.1) is 0 Å². The second kappa shape index (κ2) is 4.47. The standard InChI is InChI=1S/C11H10ClFN4/c12-7-5-6(1-2-8(7)13)16-10-4-3-9(14)11(15)17-10/h1-5H,14H2,(H3,15,16,17). The van der Waals surface area contributed by atoms with E-state index >= 15 is 0 Å². The van der Waals surface area contributed by atoms with Crippen molar-refractivity contribution in [2.45, 2.75) is 0 Å². The summed E-state index contributed by atoms with van der Waals surface area (Å²) in [6, 6.07) is 7.59. The minimum atomic E-state index is -0.470. The summed E-state index contributed by atoms with van der Waals surface area (Å²) in [5.74, 6) is 0.282. The van der Waals surface area contributed by atoms with E-state index in [1.54, 1.807) is 18.2 Å². The third-order valence-electron chi connectivity index (χ3n) is 2.15. The van der Waals surface area contributed by atoms with E-state index in [1.807, 2.05) is 0 Å². The Balaban J connectivity index is 2.25. The van der Waals surface area contributed by atoms with Crippen LogP contribution in [-0.2, 0) is 0 Å². The number of hydrogen-bond acceptors (Lipinski definition) is 4. The molecule has 5 N–H and O–H groups in total. The zero-order valence-electron chi connectivity index (χ0n) is 8.74. The van der Waals surface area contributed by atoms with Gasteiger partial charge in [0.25, 0.3) is 0 Å². The van der Waals surface area contributed by atoms with Gasteiger partial charge in [-0.1, -0.05) is 11.6 Å². The lowest BCUT2D eigenvalue weighted by Crippen LogP contribution is -2.01. The first-order chi connectivity index (χ1) is 8.06. The van der Waals surface area contributed by atoms with Crippen LogP contribution in [0.4, 0.5) is 27.4 Å². The number of halogens is 2. The van der Waals surface area contributed by atoms with Crippen LogP contribution in [0.5, 0.6) is 0 Å². The summed E-state index contributed by atoms with van der Waals surface area (Å²) < 4.78 is 12.9. The molecule has 6 heteroatoms. The number of rotatable bonds is 2. The number of nitrogens with one attached hydrogen (secondary N) is 1. The Labute approximate surface area is 102 Å². The van der Waals surface area contributed by atoms with Crippen molar-refractivity contribution in [1.29, 1.82) is 0 Å². The van der Waals surface area contributed by atoms with Crippen LogP contribution in [0.1, 0.15) is 0 Å². The lowest BCUT2D eigenvalue weighted by Gasteiger charge is -2.07. The molecule has 2 rings (SSSR count). The van der Waals surface area contributed by atoms with Crippen molar-refractivity contribution < 1.29 is 4.39 Å². The minimum absolute atomic E-state index is 0.0402. The van der Waals surface area contributed by atoms with Gasteiger partial charge in [0.2, 0.25) is 0 Å². The Morgan fingerprint density at radius 1 is 1.18 bits per heavy atom. The molecule has 0 bridgehead atoms. The van der Waals surface area contributed by atoms with Gasteiger partial charge in [-0.2, -0.15) is 0 Å². The van der Waals surface area contributed by atoms with Gasteiger partial charge < -0.3 is 16.8 Å². The topological polar surface area (TPSA) is 77.0 Å². The molecule has 1 aromatic carbocycles. The first kappa shape index (κ1) is 11.5. The van der Waals surface area contributed by atoms with Gasteiger partial charge in [-0.25, -0.2) is 9.37 Å². The Morgan fingerprint density at radius 3 is 2.59 bits per heavy atom. The molecule has 0 atom stereocenters. The highest BCUT2D eigenvalue weighted by molar-refractivity contribution is 6.31. The molecule has 2 aromatic rings. The molecule has 17 heavy (non-hydrogen) atoms. The molecule has 0 aliphatic carbocycles. The molecular weight excluding hydrogens is 243 g/mol. The molecule has 0 radical (unpaired) electrons. The highest BCUT2D eigenvalue weighted by Crippen LogP contribution is 2.23. The maximum absolute atomic E-state index is 12.9. The molecule has 0 saturated heterocycles. The van der Waals surface area contributed by atoms with Crippen LogP contribution in [0.25, 0.3) is 0 Å². The fourth-order valence-electron chi connectivity index (χ4n) is 1.28. The van der Waals surface area contributed by atoms with Crippen molar-refractivity contribution in [3.8, 4) is 0 Å². The summed E-state index contributed by atoms with van der Waals surface area (Å²) in [5.41, 5.74) is 12.1. The van der Waals surface area contributed by atoms with Crippen LogP contribution < -0.4 is 16.8 Å². The van der Waals surface area contributed by atoms with Gasteiger partial charge in [0.1, 0.15) is 17.5 Å². The molecule has 4 nitrogen and oxygen atoms in total. The van der Waals surface area contributed by atoms with E-state index < -0.39 is 5.82 Å². The predicted octanol–water partition coefficient (Wildman–Crippen LogP) is 2.78. The minimum Gasteiger partial charge on any atom is -0.396 e. The van der Waals surface area contributed by atoms with Gasteiger partial charge in [-0.3, -0.25) is 0 Å². The van der Waals surface area contributed by atoms with Crippen molar-refractivity contribution in [3.05, 3.63) is 41.2 Å². The van der Waals surface area contributed by atoms with Crippen LogP contribution in [0.2, 0.25) is 5.02 Å². The van der Waals surface area contributed by atoms with Crippen LogP contribution in [0, 0.1) is 5.82 Å². The van der Waals surface area contributed by atoms with E-state index in [9.17, 15) is 4.39 Å².